The van der Waals surface area contributed by atoms with E-state index in [1.54, 1.807) is 0 Å². The van der Waals surface area contributed by atoms with E-state index in [0.29, 0.717) is 12.3 Å². The summed E-state index contributed by atoms with van der Waals surface area (Å²) in [6, 6.07) is 0. The molecule has 2 saturated carbocycles. The number of aliphatic carboxylic acids is 1. The average molecular weight is 379 g/mol. The summed E-state index contributed by atoms with van der Waals surface area (Å²) in [6.07, 6.45) is 14.9. The SMILES string of the molecule is O=C(O)CCONC1=C[C@]2(O)[C@H](CC[C@H]2C=CC(O)CC2CCCCC2)C1. The van der Waals surface area contributed by atoms with E-state index in [2.05, 4.69) is 5.48 Å². The van der Waals surface area contributed by atoms with Crippen LogP contribution in [0.4, 0.5) is 0 Å². The molecule has 0 spiro atoms. The first-order valence-electron chi connectivity index (χ1n) is 10.4. The summed E-state index contributed by atoms with van der Waals surface area (Å²) in [7, 11) is 0. The molecular formula is C21H33NO5. The molecule has 3 rings (SSSR count). The minimum Gasteiger partial charge on any atom is -0.481 e. The summed E-state index contributed by atoms with van der Waals surface area (Å²) in [6.45, 7) is 0.0897. The number of aliphatic hydroxyl groups is 2. The number of hydroxylamine groups is 1. The lowest BCUT2D eigenvalue weighted by Gasteiger charge is -2.27. The van der Waals surface area contributed by atoms with Crippen LogP contribution in [0.2, 0.25) is 0 Å². The first-order valence-corrected chi connectivity index (χ1v) is 10.4. The Labute approximate surface area is 161 Å². The fraction of sp³-hybridized carbons (Fsp3) is 0.762. The van der Waals surface area contributed by atoms with Crippen molar-refractivity contribution >= 4 is 5.97 Å². The number of aliphatic hydroxyl groups excluding tert-OH is 1. The molecule has 1 unspecified atom stereocenters. The van der Waals surface area contributed by atoms with Gasteiger partial charge in [-0.05, 0) is 43.6 Å². The summed E-state index contributed by atoms with van der Waals surface area (Å²) in [4.78, 5) is 15.7. The Morgan fingerprint density at radius 2 is 2.07 bits per heavy atom. The normalized spacial score (nSPS) is 32.4. The second kappa shape index (κ2) is 9.22. The third-order valence-corrected chi connectivity index (χ3v) is 6.43. The zero-order valence-electron chi connectivity index (χ0n) is 16.0. The molecule has 152 valence electrons. The number of carbonyl (C=O) groups is 1. The number of hydrogen-bond donors (Lipinski definition) is 4. The Morgan fingerprint density at radius 3 is 2.81 bits per heavy atom. The van der Waals surface area contributed by atoms with Gasteiger partial charge < -0.3 is 15.3 Å². The molecule has 0 aromatic heterocycles. The molecule has 6 nitrogen and oxygen atoms in total. The third kappa shape index (κ3) is 5.33. The summed E-state index contributed by atoms with van der Waals surface area (Å²) < 4.78 is 0. The van der Waals surface area contributed by atoms with E-state index in [1.807, 2.05) is 18.2 Å². The van der Waals surface area contributed by atoms with Crippen LogP contribution in [-0.2, 0) is 9.63 Å². The van der Waals surface area contributed by atoms with Crippen LogP contribution in [0.25, 0.3) is 0 Å². The molecule has 0 aromatic carbocycles. The lowest BCUT2D eigenvalue weighted by molar-refractivity contribution is -0.138. The molecule has 0 aliphatic heterocycles. The number of fused-ring (bicyclic) bond motifs is 1. The Morgan fingerprint density at radius 1 is 1.30 bits per heavy atom. The number of nitrogens with one attached hydrogen (secondary N) is 1. The fourth-order valence-electron chi connectivity index (χ4n) is 4.95. The molecule has 0 aromatic rings. The summed E-state index contributed by atoms with van der Waals surface area (Å²) >= 11 is 0. The van der Waals surface area contributed by atoms with Gasteiger partial charge in [-0.15, -0.1) is 0 Å². The number of rotatable bonds is 9. The summed E-state index contributed by atoms with van der Waals surface area (Å²) in [5, 5.41) is 30.1. The predicted molar refractivity (Wildman–Crippen MR) is 102 cm³/mol. The van der Waals surface area contributed by atoms with Crippen molar-refractivity contribution in [3.63, 3.8) is 0 Å². The summed E-state index contributed by atoms with van der Waals surface area (Å²) in [5.41, 5.74) is 2.71. The molecular weight excluding hydrogens is 346 g/mol. The molecule has 4 N–H and O–H groups in total. The Kier molecular flexibility index (Phi) is 6.95. The van der Waals surface area contributed by atoms with Crippen LogP contribution in [0.1, 0.15) is 64.2 Å². The molecule has 2 fully saturated rings. The molecule has 3 aliphatic rings. The van der Waals surface area contributed by atoms with Crippen molar-refractivity contribution in [1.82, 2.24) is 5.48 Å². The van der Waals surface area contributed by atoms with Crippen LogP contribution in [0.3, 0.4) is 0 Å². The van der Waals surface area contributed by atoms with Crippen molar-refractivity contribution in [2.24, 2.45) is 17.8 Å². The van der Waals surface area contributed by atoms with Gasteiger partial charge in [0, 0.05) is 11.6 Å². The van der Waals surface area contributed by atoms with E-state index < -0.39 is 17.7 Å². The van der Waals surface area contributed by atoms with Crippen molar-refractivity contribution < 1.29 is 25.0 Å². The molecule has 0 radical (unpaired) electrons. The van der Waals surface area contributed by atoms with Crippen molar-refractivity contribution in [3.8, 4) is 0 Å². The van der Waals surface area contributed by atoms with Gasteiger partial charge in [-0.2, -0.15) is 0 Å². The predicted octanol–water partition coefficient (Wildman–Crippen LogP) is 2.91. The molecule has 3 aliphatic carbocycles. The average Bonchev–Trinajstić information content (AvgIpc) is 3.10. The van der Waals surface area contributed by atoms with E-state index in [0.717, 1.165) is 25.0 Å². The molecule has 0 saturated heterocycles. The van der Waals surface area contributed by atoms with Crippen LogP contribution < -0.4 is 5.48 Å². The Hall–Kier alpha value is -1.37. The standard InChI is InChI=1S/C21H33NO5/c23-19(12-15-4-2-1-3-5-15)9-8-16-6-7-17-13-18(14-21(16,17)26)22-27-11-10-20(24)25/h8-9,14-17,19,22-23,26H,1-7,10-13H2,(H,24,25)/t16-,17+,19?,21+/m0/s1. The maximum atomic E-state index is 11.1. The maximum absolute atomic E-state index is 11.1. The van der Waals surface area contributed by atoms with E-state index in [4.69, 9.17) is 9.94 Å². The maximum Gasteiger partial charge on any atom is 0.305 e. The van der Waals surface area contributed by atoms with Gasteiger partial charge in [0.05, 0.1) is 24.7 Å². The first kappa shape index (κ1) is 20.4. The zero-order chi connectivity index (χ0) is 19.3. The van der Waals surface area contributed by atoms with Crippen LogP contribution >= 0.6 is 0 Å². The monoisotopic (exact) mass is 379 g/mol. The zero-order valence-corrected chi connectivity index (χ0v) is 16.0. The van der Waals surface area contributed by atoms with Gasteiger partial charge in [0.25, 0.3) is 0 Å². The van der Waals surface area contributed by atoms with Gasteiger partial charge in [-0.1, -0.05) is 44.3 Å². The van der Waals surface area contributed by atoms with Crippen LogP contribution in [0.15, 0.2) is 23.9 Å². The number of hydrogen-bond acceptors (Lipinski definition) is 5. The van der Waals surface area contributed by atoms with E-state index in [-0.39, 0.29) is 24.9 Å². The van der Waals surface area contributed by atoms with Crippen molar-refractivity contribution in [3.05, 3.63) is 23.9 Å². The largest absolute Gasteiger partial charge is 0.481 e. The van der Waals surface area contributed by atoms with E-state index in [1.165, 1.54) is 32.1 Å². The minimum absolute atomic E-state index is 0.00169. The molecule has 6 heteroatoms. The fourth-order valence-corrected chi connectivity index (χ4v) is 4.95. The van der Waals surface area contributed by atoms with E-state index in [9.17, 15) is 15.0 Å². The van der Waals surface area contributed by atoms with Gasteiger partial charge in [0.1, 0.15) is 0 Å². The van der Waals surface area contributed by atoms with Crippen molar-refractivity contribution in [2.45, 2.75) is 75.9 Å². The number of carboxylic acids is 1. The highest BCUT2D eigenvalue weighted by Gasteiger charge is 2.50. The van der Waals surface area contributed by atoms with E-state index >= 15 is 0 Å². The van der Waals surface area contributed by atoms with Crippen LogP contribution in [0, 0.1) is 17.8 Å². The lowest BCUT2D eigenvalue weighted by atomic mass is 9.84. The quantitative estimate of drug-likeness (QED) is 0.279. The summed E-state index contributed by atoms with van der Waals surface area (Å²) in [5.74, 6) is -0.123. The molecule has 0 bridgehead atoms. The highest BCUT2D eigenvalue weighted by atomic mass is 16.6. The van der Waals surface area contributed by atoms with Gasteiger partial charge >= 0.3 is 5.97 Å². The second-order valence-corrected chi connectivity index (χ2v) is 8.43. The molecule has 0 amide bonds. The van der Waals surface area contributed by atoms with Gasteiger partial charge in [-0.25, -0.2) is 0 Å². The first-order chi connectivity index (χ1) is 13.0. The van der Waals surface area contributed by atoms with Gasteiger partial charge in [0.15, 0.2) is 0 Å². The highest BCUT2D eigenvalue weighted by molar-refractivity contribution is 5.66. The topological polar surface area (TPSA) is 99.0 Å². The number of carboxylic acid groups (broad SMARTS) is 1. The molecule has 0 heterocycles. The molecule has 4 atom stereocenters. The van der Waals surface area contributed by atoms with Crippen molar-refractivity contribution in [1.29, 1.82) is 0 Å². The Bertz CT molecular complexity index is 569. The highest BCUT2D eigenvalue weighted by Crippen LogP contribution is 2.49. The van der Waals surface area contributed by atoms with Crippen LogP contribution in [0.5, 0.6) is 0 Å². The lowest BCUT2D eigenvalue weighted by Crippen LogP contribution is -2.33. The van der Waals surface area contributed by atoms with Gasteiger partial charge in [-0.3, -0.25) is 15.1 Å². The van der Waals surface area contributed by atoms with Crippen molar-refractivity contribution in [2.75, 3.05) is 6.61 Å². The second-order valence-electron chi connectivity index (χ2n) is 8.43. The third-order valence-electron chi connectivity index (χ3n) is 6.43. The molecule has 27 heavy (non-hydrogen) atoms. The van der Waals surface area contributed by atoms with Crippen LogP contribution in [-0.4, -0.2) is 39.6 Å². The minimum atomic E-state index is -0.903. The number of allylic oxidation sites excluding steroid dienone is 1. The van der Waals surface area contributed by atoms with Gasteiger partial charge in [0.2, 0.25) is 0 Å². The Balaban J connectivity index is 1.50. The smallest absolute Gasteiger partial charge is 0.305 e.